The van der Waals surface area contributed by atoms with Crippen LogP contribution in [0.5, 0.6) is 0 Å². The molecule has 0 aliphatic rings. The summed E-state index contributed by atoms with van der Waals surface area (Å²) >= 11 is 0. The third-order valence-electron chi connectivity index (χ3n) is 3.02. The van der Waals surface area contributed by atoms with E-state index in [2.05, 4.69) is 5.32 Å². The summed E-state index contributed by atoms with van der Waals surface area (Å²) in [5, 5.41) is 11.3. The van der Waals surface area contributed by atoms with Crippen molar-refractivity contribution in [1.29, 1.82) is 5.26 Å². The lowest BCUT2D eigenvalue weighted by Gasteiger charge is -2.09. The zero-order valence-corrected chi connectivity index (χ0v) is 11.1. The minimum absolute atomic E-state index is 0.0104. The number of nitrogens with one attached hydrogen (secondary N) is 1. The predicted octanol–water partition coefficient (Wildman–Crippen LogP) is 2.98. The van der Waals surface area contributed by atoms with Crippen molar-refractivity contribution in [2.75, 3.05) is 11.1 Å². The Morgan fingerprint density at radius 1 is 1.29 bits per heavy atom. The van der Waals surface area contributed by atoms with Gasteiger partial charge in [-0.25, -0.2) is 8.78 Å². The van der Waals surface area contributed by atoms with Crippen LogP contribution in [0.25, 0.3) is 0 Å². The van der Waals surface area contributed by atoms with Crippen molar-refractivity contribution in [3.05, 3.63) is 58.7 Å². The maximum Gasteiger partial charge on any atom is 0.255 e. The number of carbonyl (C=O) groups is 1. The number of carbonyl (C=O) groups excluding carboxylic acids is 1. The fourth-order valence-electron chi connectivity index (χ4n) is 1.77. The topological polar surface area (TPSA) is 78.9 Å². The molecule has 6 heteroatoms. The summed E-state index contributed by atoms with van der Waals surface area (Å²) in [7, 11) is 0. The van der Waals surface area contributed by atoms with Crippen LogP contribution in [0.2, 0.25) is 0 Å². The number of nitrogens with two attached hydrogens (primary N) is 1. The van der Waals surface area contributed by atoms with E-state index in [0.29, 0.717) is 0 Å². The highest BCUT2D eigenvalue weighted by molar-refractivity contribution is 6.05. The van der Waals surface area contributed by atoms with Crippen LogP contribution >= 0.6 is 0 Å². The molecule has 0 aliphatic carbocycles. The van der Waals surface area contributed by atoms with Crippen LogP contribution in [-0.2, 0) is 0 Å². The van der Waals surface area contributed by atoms with Crippen molar-refractivity contribution in [2.24, 2.45) is 0 Å². The molecule has 106 valence electrons. The molecule has 0 atom stereocenters. The number of hydrogen-bond donors (Lipinski definition) is 2. The first-order valence-electron chi connectivity index (χ1n) is 5.99. The largest absolute Gasteiger partial charge is 0.398 e. The predicted molar refractivity (Wildman–Crippen MR) is 74.6 cm³/mol. The Hall–Kier alpha value is -2.94. The summed E-state index contributed by atoms with van der Waals surface area (Å²) in [6.45, 7) is 1.49. The van der Waals surface area contributed by atoms with E-state index < -0.39 is 17.5 Å². The van der Waals surface area contributed by atoms with Crippen LogP contribution in [0.3, 0.4) is 0 Å². The lowest BCUT2D eigenvalue weighted by molar-refractivity contribution is 0.102. The van der Waals surface area contributed by atoms with Gasteiger partial charge in [-0.05, 0) is 31.2 Å². The number of nitrogens with zero attached hydrogens (tertiary/aromatic N) is 1. The molecule has 0 aromatic heterocycles. The average molecular weight is 287 g/mol. The Morgan fingerprint density at radius 3 is 2.62 bits per heavy atom. The van der Waals surface area contributed by atoms with Gasteiger partial charge in [-0.1, -0.05) is 6.07 Å². The van der Waals surface area contributed by atoms with E-state index >= 15 is 0 Å². The third-order valence-corrected chi connectivity index (χ3v) is 3.02. The summed E-state index contributed by atoms with van der Waals surface area (Å²) < 4.78 is 27.0. The van der Waals surface area contributed by atoms with Crippen LogP contribution in [0.1, 0.15) is 21.5 Å². The van der Waals surface area contributed by atoms with E-state index in [9.17, 15) is 13.6 Å². The molecule has 0 unspecified atom stereocenters. The van der Waals surface area contributed by atoms with Gasteiger partial charge in [0, 0.05) is 16.8 Å². The molecule has 2 aromatic rings. The van der Waals surface area contributed by atoms with Gasteiger partial charge in [0.25, 0.3) is 5.91 Å². The molecule has 0 aliphatic heterocycles. The highest BCUT2D eigenvalue weighted by Crippen LogP contribution is 2.21. The van der Waals surface area contributed by atoms with Crippen molar-refractivity contribution in [3.8, 4) is 6.07 Å². The molecule has 0 fully saturated rings. The van der Waals surface area contributed by atoms with E-state index in [4.69, 9.17) is 11.0 Å². The number of benzene rings is 2. The van der Waals surface area contributed by atoms with Gasteiger partial charge in [-0.15, -0.1) is 0 Å². The first kappa shape index (κ1) is 14.5. The van der Waals surface area contributed by atoms with Gasteiger partial charge in [-0.3, -0.25) is 4.79 Å². The van der Waals surface area contributed by atoms with Crippen molar-refractivity contribution in [3.63, 3.8) is 0 Å². The molecular formula is C15H11F2N3O. The monoisotopic (exact) mass is 287 g/mol. The molecule has 0 heterocycles. The molecule has 0 radical (unpaired) electrons. The normalized spacial score (nSPS) is 10.0. The molecule has 21 heavy (non-hydrogen) atoms. The van der Waals surface area contributed by atoms with Gasteiger partial charge in [-0.2, -0.15) is 5.26 Å². The number of nitriles is 1. The van der Waals surface area contributed by atoms with Crippen LogP contribution in [0.4, 0.5) is 20.2 Å². The Kier molecular flexibility index (Phi) is 3.85. The van der Waals surface area contributed by atoms with Crippen LogP contribution < -0.4 is 11.1 Å². The van der Waals surface area contributed by atoms with E-state index in [1.807, 2.05) is 0 Å². The van der Waals surface area contributed by atoms with E-state index in [0.717, 1.165) is 12.1 Å². The first-order chi connectivity index (χ1) is 9.93. The second-order valence-corrected chi connectivity index (χ2v) is 4.40. The fraction of sp³-hybridized carbons (Fsp3) is 0.0667. The van der Waals surface area contributed by atoms with Crippen LogP contribution in [0, 0.1) is 29.9 Å². The van der Waals surface area contributed by atoms with Crippen molar-refractivity contribution < 1.29 is 13.6 Å². The Bertz CT molecular complexity index is 743. The highest BCUT2D eigenvalue weighted by Gasteiger charge is 2.14. The molecule has 2 aromatic carbocycles. The molecule has 0 saturated carbocycles. The van der Waals surface area contributed by atoms with Crippen LogP contribution in [0.15, 0.2) is 30.3 Å². The van der Waals surface area contributed by atoms with Gasteiger partial charge in [0.1, 0.15) is 23.3 Å². The second kappa shape index (κ2) is 5.59. The summed E-state index contributed by atoms with van der Waals surface area (Å²) in [5.74, 6) is -2.03. The second-order valence-electron chi connectivity index (χ2n) is 4.40. The Balaban J connectivity index is 2.36. The number of amides is 1. The molecule has 3 N–H and O–H groups in total. The number of rotatable bonds is 2. The molecule has 0 spiro atoms. The minimum Gasteiger partial charge on any atom is -0.398 e. The summed E-state index contributed by atoms with van der Waals surface area (Å²) in [5.41, 5.74) is 5.70. The standard InChI is InChI=1S/C15H11F2N3O/c1-8-12(17)5-9(6-13(8)19)15(21)20-14-4-2-3-11(16)10(14)7-18/h2-6H,19H2,1H3,(H,20,21). The average Bonchev–Trinajstić information content (AvgIpc) is 2.44. The Labute approximate surface area is 119 Å². The molecule has 0 bridgehead atoms. The van der Waals surface area contributed by atoms with Crippen molar-refractivity contribution in [2.45, 2.75) is 6.92 Å². The highest BCUT2D eigenvalue weighted by atomic mass is 19.1. The fourth-order valence-corrected chi connectivity index (χ4v) is 1.77. The summed E-state index contributed by atoms with van der Waals surface area (Å²) in [4.78, 5) is 12.0. The number of nitrogen functional groups attached to an aromatic ring is 1. The zero-order chi connectivity index (χ0) is 15.6. The van der Waals surface area contributed by atoms with Gasteiger partial charge >= 0.3 is 0 Å². The quantitative estimate of drug-likeness (QED) is 0.833. The molecular weight excluding hydrogens is 276 g/mol. The van der Waals surface area contributed by atoms with E-state index in [1.54, 1.807) is 6.07 Å². The van der Waals surface area contributed by atoms with Crippen molar-refractivity contribution in [1.82, 2.24) is 0 Å². The third kappa shape index (κ3) is 2.82. The van der Waals surface area contributed by atoms with Gasteiger partial charge in [0.05, 0.1) is 5.69 Å². The van der Waals surface area contributed by atoms with Crippen LogP contribution in [-0.4, -0.2) is 5.91 Å². The molecule has 1 amide bonds. The minimum atomic E-state index is -0.745. The Morgan fingerprint density at radius 2 is 2.00 bits per heavy atom. The smallest absolute Gasteiger partial charge is 0.255 e. The van der Waals surface area contributed by atoms with Gasteiger partial charge in [0.2, 0.25) is 0 Å². The van der Waals surface area contributed by atoms with Gasteiger partial charge < -0.3 is 11.1 Å². The maximum absolute atomic E-state index is 13.6. The summed E-state index contributed by atoms with van der Waals surface area (Å²) in [6, 6.07) is 7.86. The van der Waals surface area contributed by atoms with E-state index in [1.165, 1.54) is 25.1 Å². The maximum atomic E-state index is 13.6. The van der Waals surface area contributed by atoms with Crippen molar-refractivity contribution >= 4 is 17.3 Å². The summed E-state index contributed by atoms with van der Waals surface area (Å²) in [6.07, 6.45) is 0. The zero-order valence-electron chi connectivity index (χ0n) is 11.1. The lowest BCUT2D eigenvalue weighted by Crippen LogP contribution is -2.14. The molecule has 0 saturated heterocycles. The number of hydrogen-bond acceptors (Lipinski definition) is 3. The van der Waals surface area contributed by atoms with E-state index in [-0.39, 0.29) is 28.1 Å². The van der Waals surface area contributed by atoms with Gasteiger partial charge in [0.15, 0.2) is 0 Å². The molecule has 4 nitrogen and oxygen atoms in total. The first-order valence-corrected chi connectivity index (χ1v) is 5.99. The number of anilines is 2. The number of halogens is 2. The lowest BCUT2D eigenvalue weighted by atomic mass is 10.1. The SMILES string of the molecule is Cc1c(N)cc(C(=O)Nc2cccc(F)c2C#N)cc1F. The molecule has 2 rings (SSSR count).